The molecule has 31 heavy (non-hydrogen) atoms. The van der Waals surface area contributed by atoms with E-state index in [1.807, 2.05) is 5.38 Å². The molecule has 0 aliphatic carbocycles. The Kier molecular flexibility index (Phi) is 7.83. The number of piperidine rings is 1. The second-order valence-corrected chi connectivity index (χ2v) is 8.27. The summed E-state index contributed by atoms with van der Waals surface area (Å²) in [7, 11) is 1.57. The molecule has 164 valence electrons. The number of methoxy groups -OCH3 is 1. The molecule has 1 fully saturated rings. The fourth-order valence-electron chi connectivity index (χ4n) is 3.67. The van der Waals surface area contributed by atoms with Crippen LogP contribution in [0, 0.1) is 5.92 Å². The highest BCUT2D eigenvalue weighted by Crippen LogP contribution is 2.24. The highest BCUT2D eigenvalue weighted by Gasteiger charge is 2.34. The van der Waals surface area contributed by atoms with Crippen LogP contribution < -0.4 is 15.4 Å². The van der Waals surface area contributed by atoms with Gasteiger partial charge in [-0.15, -0.1) is 17.9 Å². The predicted molar refractivity (Wildman–Crippen MR) is 120 cm³/mol. The van der Waals surface area contributed by atoms with E-state index >= 15 is 0 Å². The maximum atomic E-state index is 12.9. The highest BCUT2D eigenvalue weighted by atomic mass is 32.1. The number of likely N-dealkylation sites (tertiary alicyclic amines) is 1. The smallest absolute Gasteiger partial charge is 0.262 e. The molecule has 1 aromatic heterocycles. The van der Waals surface area contributed by atoms with Crippen LogP contribution in [0.25, 0.3) is 0 Å². The standard InChI is InChI=1S/C23H27N3O4S/c1-3-11-24-22(28)20(25-21(27)19-8-5-14-31-19)16-9-12-26(13-10-16)23(29)17-6-4-7-18(15-17)30-2/h3-8,14-16,20H,1,9-13H2,2H3,(H,24,28)(H,25,27)/t20-/m1/s1. The van der Waals surface area contributed by atoms with E-state index in [1.54, 1.807) is 54.5 Å². The van der Waals surface area contributed by atoms with Crippen molar-refractivity contribution < 1.29 is 19.1 Å². The molecule has 1 saturated heterocycles. The van der Waals surface area contributed by atoms with Gasteiger partial charge in [-0.3, -0.25) is 14.4 Å². The van der Waals surface area contributed by atoms with E-state index in [0.29, 0.717) is 48.7 Å². The van der Waals surface area contributed by atoms with E-state index in [1.165, 1.54) is 11.3 Å². The Morgan fingerprint density at radius 2 is 2.03 bits per heavy atom. The number of benzene rings is 1. The number of hydrogen-bond donors (Lipinski definition) is 2. The molecule has 1 aliphatic heterocycles. The number of carbonyl (C=O) groups excluding carboxylic acids is 3. The average Bonchev–Trinajstić information content (AvgIpc) is 3.36. The van der Waals surface area contributed by atoms with Gasteiger partial charge in [-0.1, -0.05) is 18.2 Å². The molecule has 1 aliphatic rings. The minimum absolute atomic E-state index is 0.0624. The fourth-order valence-corrected chi connectivity index (χ4v) is 4.30. The van der Waals surface area contributed by atoms with Crippen LogP contribution >= 0.6 is 11.3 Å². The van der Waals surface area contributed by atoms with Gasteiger partial charge in [-0.05, 0) is 48.4 Å². The Morgan fingerprint density at radius 1 is 1.26 bits per heavy atom. The lowest BCUT2D eigenvalue weighted by molar-refractivity contribution is -0.124. The van der Waals surface area contributed by atoms with Gasteiger partial charge in [0, 0.05) is 25.2 Å². The maximum absolute atomic E-state index is 12.9. The summed E-state index contributed by atoms with van der Waals surface area (Å²) in [5.41, 5.74) is 0.573. The van der Waals surface area contributed by atoms with E-state index in [-0.39, 0.29) is 23.6 Å². The molecule has 8 heteroatoms. The summed E-state index contributed by atoms with van der Waals surface area (Å²) < 4.78 is 5.21. The van der Waals surface area contributed by atoms with Crippen molar-refractivity contribution in [1.29, 1.82) is 0 Å². The molecule has 7 nitrogen and oxygen atoms in total. The van der Waals surface area contributed by atoms with Gasteiger partial charge in [-0.2, -0.15) is 0 Å². The third-order valence-corrected chi connectivity index (χ3v) is 6.22. The number of carbonyl (C=O) groups is 3. The Morgan fingerprint density at radius 3 is 2.68 bits per heavy atom. The van der Waals surface area contributed by atoms with Gasteiger partial charge in [0.1, 0.15) is 11.8 Å². The third kappa shape index (κ3) is 5.73. The van der Waals surface area contributed by atoms with Gasteiger partial charge in [-0.25, -0.2) is 0 Å². The molecule has 2 N–H and O–H groups in total. The average molecular weight is 442 g/mol. The summed E-state index contributed by atoms with van der Waals surface area (Å²) in [6.07, 6.45) is 2.84. The zero-order valence-electron chi connectivity index (χ0n) is 17.5. The van der Waals surface area contributed by atoms with Crippen LogP contribution in [0.5, 0.6) is 5.75 Å². The Hall–Kier alpha value is -3.13. The van der Waals surface area contributed by atoms with Crippen LogP contribution in [0.1, 0.15) is 32.9 Å². The Labute approximate surface area is 186 Å². The van der Waals surface area contributed by atoms with Crippen LogP contribution in [0.3, 0.4) is 0 Å². The SMILES string of the molecule is C=CCNC(=O)[C@H](NC(=O)c1cccs1)C1CCN(C(=O)c2cccc(OC)c2)CC1. The first-order valence-electron chi connectivity index (χ1n) is 10.2. The molecule has 3 amide bonds. The first kappa shape index (κ1) is 22.6. The van der Waals surface area contributed by atoms with Crippen molar-refractivity contribution in [1.82, 2.24) is 15.5 Å². The molecule has 1 aromatic carbocycles. The molecule has 0 bridgehead atoms. The van der Waals surface area contributed by atoms with Gasteiger partial charge in [0.15, 0.2) is 0 Å². The number of nitrogens with one attached hydrogen (secondary N) is 2. The molecule has 3 rings (SSSR count). The molecule has 0 unspecified atom stereocenters. The summed E-state index contributed by atoms with van der Waals surface area (Å²) in [5, 5.41) is 7.51. The quantitative estimate of drug-likeness (QED) is 0.617. The Balaban J connectivity index is 1.66. The van der Waals surface area contributed by atoms with E-state index in [9.17, 15) is 14.4 Å². The topological polar surface area (TPSA) is 87.7 Å². The molecule has 0 radical (unpaired) electrons. The molecular formula is C23H27N3O4S. The third-order valence-electron chi connectivity index (χ3n) is 5.35. The molecule has 2 aromatic rings. The second kappa shape index (κ2) is 10.8. The van der Waals surface area contributed by atoms with Gasteiger partial charge in [0.05, 0.1) is 12.0 Å². The number of hydrogen-bond acceptors (Lipinski definition) is 5. The zero-order valence-corrected chi connectivity index (χ0v) is 18.3. The van der Waals surface area contributed by atoms with E-state index in [0.717, 1.165) is 0 Å². The minimum Gasteiger partial charge on any atom is -0.497 e. The van der Waals surface area contributed by atoms with E-state index < -0.39 is 6.04 Å². The monoisotopic (exact) mass is 441 g/mol. The van der Waals surface area contributed by atoms with Gasteiger partial charge in [0.2, 0.25) is 5.91 Å². The molecule has 1 atom stereocenters. The van der Waals surface area contributed by atoms with Crippen LogP contribution in [-0.2, 0) is 4.79 Å². The number of rotatable bonds is 8. The molecule has 2 heterocycles. The van der Waals surface area contributed by atoms with Gasteiger partial charge < -0.3 is 20.3 Å². The van der Waals surface area contributed by atoms with Crippen molar-refractivity contribution in [3.63, 3.8) is 0 Å². The lowest BCUT2D eigenvalue weighted by atomic mass is 9.88. The highest BCUT2D eigenvalue weighted by molar-refractivity contribution is 7.12. The predicted octanol–water partition coefficient (Wildman–Crippen LogP) is 2.71. The van der Waals surface area contributed by atoms with Crippen molar-refractivity contribution >= 4 is 29.1 Å². The number of ether oxygens (including phenoxy) is 1. The van der Waals surface area contributed by atoms with Crippen LogP contribution in [0.15, 0.2) is 54.4 Å². The van der Waals surface area contributed by atoms with Crippen LogP contribution in [0.4, 0.5) is 0 Å². The maximum Gasteiger partial charge on any atom is 0.262 e. The normalized spacial score (nSPS) is 15.1. The Bertz CT molecular complexity index is 921. The zero-order chi connectivity index (χ0) is 22.2. The summed E-state index contributed by atoms with van der Waals surface area (Å²) in [6.45, 7) is 4.98. The van der Waals surface area contributed by atoms with Crippen molar-refractivity contribution in [2.24, 2.45) is 5.92 Å². The first-order valence-corrected chi connectivity index (χ1v) is 11.1. The van der Waals surface area contributed by atoms with Crippen LogP contribution in [-0.4, -0.2) is 55.4 Å². The van der Waals surface area contributed by atoms with Gasteiger partial charge >= 0.3 is 0 Å². The first-order chi connectivity index (χ1) is 15.0. The summed E-state index contributed by atoms with van der Waals surface area (Å²) >= 11 is 1.33. The number of nitrogens with zero attached hydrogens (tertiary/aromatic N) is 1. The summed E-state index contributed by atoms with van der Waals surface area (Å²) in [4.78, 5) is 40.5. The molecule has 0 saturated carbocycles. The number of amides is 3. The van der Waals surface area contributed by atoms with Crippen LogP contribution in [0.2, 0.25) is 0 Å². The second-order valence-electron chi connectivity index (χ2n) is 7.32. The summed E-state index contributed by atoms with van der Waals surface area (Å²) in [6, 6.07) is 9.95. The lowest BCUT2D eigenvalue weighted by Crippen LogP contribution is -2.53. The van der Waals surface area contributed by atoms with Crippen molar-refractivity contribution in [3.8, 4) is 5.75 Å². The van der Waals surface area contributed by atoms with Crippen molar-refractivity contribution in [2.45, 2.75) is 18.9 Å². The lowest BCUT2D eigenvalue weighted by Gasteiger charge is -2.35. The summed E-state index contributed by atoms with van der Waals surface area (Å²) in [5.74, 6) is 0.0118. The number of thiophene rings is 1. The van der Waals surface area contributed by atoms with Crippen molar-refractivity contribution in [3.05, 3.63) is 64.9 Å². The largest absolute Gasteiger partial charge is 0.497 e. The fraction of sp³-hybridized carbons (Fsp3) is 0.348. The van der Waals surface area contributed by atoms with E-state index in [4.69, 9.17) is 4.74 Å². The van der Waals surface area contributed by atoms with Gasteiger partial charge in [0.25, 0.3) is 11.8 Å². The van der Waals surface area contributed by atoms with E-state index in [2.05, 4.69) is 17.2 Å². The molecule has 0 spiro atoms. The molecular weight excluding hydrogens is 414 g/mol. The van der Waals surface area contributed by atoms with Crippen molar-refractivity contribution in [2.75, 3.05) is 26.7 Å². The minimum atomic E-state index is -0.663.